The van der Waals surface area contributed by atoms with E-state index in [1.165, 1.54) is 18.2 Å². The van der Waals surface area contributed by atoms with Gasteiger partial charge in [0.15, 0.2) is 0 Å². The lowest BCUT2D eigenvalue weighted by atomic mass is 9.99. The highest BCUT2D eigenvalue weighted by Crippen LogP contribution is 2.23. The molecule has 0 radical (unpaired) electrons. The Balaban J connectivity index is 1.63. The summed E-state index contributed by atoms with van der Waals surface area (Å²) in [5, 5.41) is 8.25. The van der Waals surface area contributed by atoms with E-state index in [1.54, 1.807) is 18.2 Å². The third kappa shape index (κ3) is 5.88. The number of carbonyl (C=O) groups excluding carboxylic acids is 2. The fourth-order valence-corrected chi connectivity index (χ4v) is 2.94. The lowest BCUT2D eigenvalue weighted by Gasteiger charge is -2.20. The highest BCUT2D eigenvalue weighted by Gasteiger charge is 2.16. The Morgan fingerprint density at radius 1 is 0.862 bits per heavy atom. The first-order valence-corrected chi connectivity index (χ1v) is 9.30. The number of para-hydroxylation sites is 1. The highest BCUT2D eigenvalue weighted by atomic mass is 35.5. The number of hydrogen-bond acceptors (Lipinski definition) is 3. The van der Waals surface area contributed by atoms with Gasteiger partial charge in [-0.25, -0.2) is 9.18 Å². The van der Waals surface area contributed by atoms with E-state index in [4.69, 9.17) is 11.6 Å². The number of halogens is 2. The van der Waals surface area contributed by atoms with E-state index in [9.17, 15) is 14.0 Å². The predicted molar refractivity (Wildman–Crippen MR) is 111 cm³/mol. The molecule has 3 N–H and O–H groups in total. The summed E-state index contributed by atoms with van der Waals surface area (Å²) in [5.74, 6) is -1.13. The summed E-state index contributed by atoms with van der Waals surface area (Å²) in [5.41, 5.74) is 1.87. The standard InChI is InChI=1S/C22H19ClFN3O2/c23-17-12-10-16(11-13-17)21(15-6-2-1-3-7-15)25-14-20(28)27-22(29)26-19-9-5-4-8-18(19)24/h1-13,21,25H,14H2,(H2,26,27,28,29). The molecule has 0 heterocycles. The van der Waals surface area contributed by atoms with Gasteiger partial charge in [0.05, 0.1) is 18.3 Å². The first-order chi connectivity index (χ1) is 14.0. The molecule has 148 valence electrons. The lowest BCUT2D eigenvalue weighted by molar-refractivity contribution is -0.119. The molecular formula is C22H19ClFN3O2. The van der Waals surface area contributed by atoms with Crippen LogP contribution in [0.1, 0.15) is 17.2 Å². The Morgan fingerprint density at radius 2 is 1.48 bits per heavy atom. The fourth-order valence-electron chi connectivity index (χ4n) is 2.81. The molecule has 0 spiro atoms. The number of benzene rings is 3. The molecule has 1 atom stereocenters. The van der Waals surface area contributed by atoms with Crippen LogP contribution in [0, 0.1) is 5.82 Å². The Morgan fingerprint density at radius 3 is 2.17 bits per heavy atom. The smallest absolute Gasteiger partial charge is 0.305 e. The van der Waals surface area contributed by atoms with E-state index in [1.807, 2.05) is 42.5 Å². The minimum absolute atomic E-state index is 0.00548. The van der Waals surface area contributed by atoms with Crippen LogP contribution in [0.3, 0.4) is 0 Å². The van der Waals surface area contributed by atoms with E-state index < -0.39 is 17.8 Å². The van der Waals surface area contributed by atoms with Gasteiger partial charge in [-0.1, -0.05) is 66.2 Å². The molecule has 5 nitrogen and oxygen atoms in total. The number of anilines is 1. The topological polar surface area (TPSA) is 70.2 Å². The van der Waals surface area contributed by atoms with Crippen molar-refractivity contribution in [1.82, 2.24) is 10.6 Å². The summed E-state index contributed by atoms with van der Waals surface area (Å²) < 4.78 is 13.6. The Bertz CT molecular complexity index is 981. The number of imide groups is 1. The largest absolute Gasteiger partial charge is 0.326 e. The van der Waals surface area contributed by atoms with Crippen LogP contribution in [0.15, 0.2) is 78.9 Å². The van der Waals surface area contributed by atoms with Gasteiger partial charge >= 0.3 is 6.03 Å². The summed E-state index contributed by atoms with van der Waals surface area (Å²) in [4.78, 5) is 24.1. The molecule has 0 saturated heterocycles. The molecule has 0 saturated carbocycles. The van der Waals surface area contributed by atoms with E-state index in [2.05, 4.69) is 16.0 Å². The van der Waals surface area contributed by atoms with Gasteiger partial charge in [0.2, 0.25) is 5.91 Å². The van der Waals surface area contributed by atoms with Crippen LogP contribution in [0.2, 0.25) is 5.02 Å². The third-order valence-electron chi connectivity index (χ3n) is 4.18. The number of rotatable bonds is 6. The molecule has 3 amide bonds. The molecule has 0 bridgehead atoms. The van der Waals surface area contributed by atoms with Crippen molar-refractivity contribution < 1.29 is 14.0 Å². The maximum Gasteiger partial charge on any atom is 0.326 e. The van der Waals surface area contributed by atoms with Crippen LogP contribution in [0.25, 0.3) is 0 Å². The van der Waals surface area contributed by atoms with Crippen LogP contribution in [-0.2, 0) is 4.79 Å². The van der Waals surface area contributed by atoms with Crippen LogP contribution in [0.5, 0.6) is 0 Å². The number of nitrogens with one attached hydrogen (secondary N) is 3. The second-order valence-corrected chi connectivity index (χ2v) is 6.69. The molecule has 7 heteroatoms. The summed E-state index contributed by atoms with van der Waals surface area (Å²) in [7, 11) is 0. The molecule has 0 aliphatic heterocycles. The molecule has 29 heavy (non-hydrogen) atoms. The number of hydrogen-bond donors (Lipinski definition) is 3. The lowest BCUT2D eigenvalue weighted by Crippen LogP contribution is -2.41. The second-order valence-electron chi connectivity index (χ2n) is 6.26. The SMILES string of the molecule is O=C(CNC(c1ccccc1)c1ccc(Cl)cc1)NC(=O)Nc1ccccc1F. The van der Waals surface area contributed by atoms with Crippen LogP contribution in [-0.4, -0.2) is 18.5 Å². The van der Waals surface area contributed by atoms with Crippen molar-refractivity contribution in [3.8, 4) is 0 Å². The van der Waals surface area contributed by atoms with Crippen LogP contribution < -0.4 is 16.0 Å². The zero-order chi connectivity index (χ0) is 20.6. The van der Waals surface area contributed by atoms with Crippen molar-refractivity contribution in [1.29, 1.82) is 0 Å². The average Bonchev–Trinajstić information content (AvgIpc) is 2.72. The number of carbonyl (C=O) groups is 2. The fraction of sp³-hybridized carbons (Fsp3) is 0.0909. The van der Waals surface area contributed by atoms with Gasteiger partial charge in [-0.2, -0.15) is 0 Å². The third-order valence-corrected chi connectivity index (χ3v) is 4.43. The monoisotopic (exact) mass is 411 g/mol. The van der Waals surface area contributed by atoms with E-state index in [0.717, 1.165) is 11.1 Å². The summed E-state index contributed by atoms with van der Waals surface area (Å²) in [6.45, 7) is -0.118. The van der Waals surface area contributed by atoms with Crippen molar-refractivity contribution >= 4 is 29.2 Å². The van der Waals surface area contributed by atoms with E-state index >= 15 is 0 Å². The Kier molecular flexibility index (Phi) is 6.94. The van der Waals surface area contributed by atoms with Crippen LogP contribution in [0.4, 0.5) is 14.9 Å². The quantitative estimate of drug-likeness (QED) is 0.559. The predicted octanol–water partition coefficient (Wildman–Crippen LogP) is 4.51. The van der Waals surface area contributed by atoms with Gasteiger partial charge in [-0.05, 0) is 35.4 Å². The summed E-state index contributed by atoms with van der Waals surface area (Å²) >= 11 is 5.97. The van der Waals surface area contributed by atoms with E-state index in [-0.39, 0.29) is 18.3 Å². The number of amides is 3. The minimum Gasteiger partial charge on any atom is -0.305 e. The van der Waals surface area contributed by atoms with Crippen LogP contribution >= 0.6 is 11.6 Å². The highest BCUT2D eigenvalue weighted by molar-refractivity contribution is 6.30. The summed E-state index contributed by atoms with van der Waals surface area (Å²) in [6, 6.07) is 21.5. The first-order valence-electron chi connectivity index (χ1n) is 8.92. The van der Waals surface area contributed by atoms with Crippen molar-refractivity contribution in [2.24, 2.45) is 0 Å². The van der Waals surface area contributed by atoms with Crippen molar-refractivity contribution in [2.75, 3.05) is 11.9 Å². The maximum atomic E-state index is 13.6. The van der Waals surface area contributed by atoms with Gasteiger partial charge in [0.1, 0.15) is 5.82 Å². The molecule has 3 aromatic carbocycles. The maximum absolute atomic E-state index is 13.6. The van der Waals surface area contributed by atoms with Gasteiger partial charge < -0.3 is 5.32 Å². The molecule has 0 aliphatic rings. The molecule has 0 aromatic heterocycles. The molecule has 3 rings (SSSR count). The molecule has 3 aromatic rings. The van der Waals surface area contributed by atoms with Crippen molar-refractivity contribution in [3.05, 3.63) is 101 Å². The average molecular weight is 412 g/mol. The van der Waals surface area contributed by atoms with Gasteiger partial charge in [0.25, 0.3) is 0 Å². The Hall–Kier alpha value is -3.22. The van der Waals surface area contributed by atoms with Gasteiger partial charge in [-0.15, -0.1) is 0 Å². The van der Waals surface area contributed by atoms with Crippen molar-refractivity contribution in [3.63, 3.8) is 0 Å². The van der Waals surface area contributed by atoms with E-state index in [0.29, 0.717) is 5.02 Å². The second kappa shape index (κ2) is 9.82. The zero-order valence-electron chi connectivity index (χ0n) is 15.4. The molecular weight excluding hydrogens is 393 g/mol. The first kappa shape index (κ1) is 20.5. The van der Waals surface area contributed by atoms with Crippen molar-refractivity contribution in [2.45, 2.75) is 6.04 Å². The zero-order valence-corrected chi connectivity index (χ0v) is 16.1. The number of urea groups is 1. The molecule has 1 unspecified atom stereocenters. The summed E-state index contributed by atoms with van der Waals surface area (Å²) in [6.07, 6.45) is 0. The van der Waals surface area contributed by atoms with Gasteiger partial charge in [0, 0.05) is 5.02 Å². The Labute approximate surface area is 172 Å². The molecule has 0 aliphatic carbocycles. The normalized spacial score (nSPS) is 11.5. The minimum atomic E-state index is -0.801. The van der Waals surface area contributed by atoms with Gasteiger partial charge in [-0.3, -0.25) is 15.4 Å². The molecule has 0 fully saturated rings.